The summed E-state index contributed by atoms with van der Waals surface area (Å²) in [5, 5.41) is 3.62. The van der Waals surface area contributed by atoms with Gasteiger partial charge in [-0.25, -0.2) is 0 Å². The van der Waals surface area contributed by atoms with Crippen LogP contribution >= 0.6 is 0 Å². The van der Waals surface area contributed by atoms with Crippen LogP contribution in [0.5, 0.6) is 0 Å². The van der Waals surface area contributed by atoms with Crippen molar-refractivity contribution < 1.29 is 4.74 Å². The number of nitrogens with one attached hydrogen (secondary N) is 1. The molecule has 1 heterocycles. The fourth-order valence-corrected chi connectivity index (χ4v) is 2.13. The Labute approximate surface area is 107 Å². The molecule has 0 amide bonds. The van der Waals surface area contributed by atoms with Crippen LogP contribution in [0.2, 0.25) is 0 Å². The summed E-state index contributed by atoms with van der Waals surface area (Å²) in [6.45, 7) is 14.4. The molecule has 17 heavy (non-hydrogen) atoms. The van der Waals surface area contributed by atoms with Gasteiger partial charge in [-0.15, -0.1) is 0 Å². The second-order valence-corrected chi connectivity index (χ2v) is 5.69. The van der Waals surface area contributed by atoms with Crippen LogP contribution in [-0.4, -0.2) is 49.3 Å². The molecule has 1 atom stereocenters. The zero-order valence-electron chi connectivity index (χ0n) is 12.1. The van der Waals surface area contributed by atoms with Gasteiger partial charge in [-0.05, 0) is 39.7 Å². The SMILES string of the molecule is CCN(CCNC(C)(C)CC)CC1CCCO1. The molecule has 102 valence electrons. The van der Waals surface area contributed by atoms with Gasteiger partial charge in [0.2, 0.25) is 0 Å². The molecule has 0 spiro atoms. The Hall–Kier alpha value is -0.120. The average Bonchev–Trinajstić information content (AvgIpc) is 2.80. The molecule has 3 nitrogen and oxygen atoms in total. The second-order valence-electron chi connectivity index (χ2n) is 5.69. The van der Waals surface area contributed by atoms with Crippen molar-refractivity contribution in [3.8, 4) is 0 Å². The van der Waals surface area contributed by atoms with E-state index in [1.807, 2.05) is 0 Å². The van der Waals surface area contributed by atoms with E-state index in [2.05, 4.69) is 37.9 Å². The summed E-state index contributed by atoms with van der Waals surface area (Å²) in [5.74, 6) is 0. The summed E-state index contributed by atoms with van der Waals surface area (Å²) in [7, 11) is 0. The van der Waals surface area contributed by atoms with Gasteiger partial charge in [-0.2, -0.15) is 0 Å². The van der Waals surface area contributed by atoms with E-state index in [9.17, 15) is 0 Å². The Balaban J connectivity index is 2.17. The monoisotopic (exact) mass is 242 g/mol. The van der Waals surface area contributed by atoms with Gasteiger partial charge in [0.25, 0.3) is 0 Å². The minimum Gasteiger partial charge on any atom is -0.377 e. The third-order valence-corrected chi connectivity index (χ3v) is 3.85. The summed E-state index contributed by atoms with van der Waals surface area (Å²) in [6, 6.07) is 0. The second kappa shape index (κ2) is 7.34. The Morgan fingerprint density at radius 3 is 2.65 bits per heavy atom. The summed E-state index contributed by atoms with van der Waals surface area (Å²) < 4.78 is 5.69. The lowest BCUT2D eigenvalue weighted by atomic mass is 10.0. The summed E-state index contributed by atoms with van der Waals surface area (Å²) in [4.78, 5) is 2.49. The molecule has 3 heteroatoms. The zero-order valence-corrected chi connectivity index (χ0v) is 12.1. The van der Waals surface area contributed by atoms with E-state index in [1.165, 1.54) is 19.3 Å². The molecule has 0 aromatic carbocycles. The average molecular weight is 242 g/mol. The van der Waals surface area contributed by atoms with Gasteiger partial charge in [0, 0.05) is 31.8 Å². The highest BCUT2D eigenvalue weighted by molar-refractivity contribution is 4.76. The Morgan fingerprint density at radius 2 is 2.12 bits per heavy atom. The number of rotatable bonds is 8. The maximum absolute atomic E-state index is 5.69. The lowest BCUT2D eigenvalue weighted by Gasteiger charge is -2.28. The van der Waals surface area contributed by atoms with Crippen LogP contribution in [0.3, 0.4) is 0 Å². The van der Waals surface area contributed by atoms with Crippen molar-refractivity contribution in [2.45, 2.75) is 58.6 Å². The largest absolute Gasteiger partial charge is 0.377 e. The molecule has 0 bridgehead atoms. The van der Waals surface area contributed by atoms with Crippen molar-refractivity contribution in [1.29, 1.82) is 0 Å². The van der Waals surface area contributed by atoms with E-state index >= 15 is 0 Å². The first-order valence-corrected chi connectivity index (χ1v) is 7.16. The van der Waals surface area contributed by atoms with E-state index in [0.29, 0.717) is 6.10 Å². The smallest absolute Gasteiger partial charge is 0.0702 e. The van der Waals surface area contributed by atoms with Gasteiger partial charge in [0.1, 0.15) is 0 Å². The van der Waals surface area contributed by atoms with Crippen molar-refractivity contribution in [2.24, 2.45) is 0 Å². The van der Waals surface area contributed by atoms with Crippen LogP contribution in [0.25, 0.3) is 0 Å². The molecule has 0 aromatic heterocycles. The third-order valence-electron chi connectivity index (χ3n) is 3.85. The highest BCUT2D eigenvalue weighted by atomic mass is 16.5. The normalized spacial score (nSPS) is 21.4. The summed E-state index contributed by atoms with van der Waals surface area (Å²) in [6.07, 6.45) is 4.13. The molecular formula is C14H30N2O. The van der Waals surface area contributed by atoms with Crippen LogP contribution < -0.4 is 5.32 Å². The first-order chi connectivity index (χ1) is 8.07. The van der Waals surface area contributed by atoms with E-state index < -0.39 is 0 Å². The van der Waals surface area contributed by atoms with Gasteiger partial charge in [0.15, 0.2) is 0 Å². The lowest BCUT2D eigenvalue weighted by Crippen LogP contribution is -2.44. The van der Waals surface area contributed by atoms with Crippen LogP contribution in [-0.2, 0) is 4.74 Å². The van der Waals surface area contributed by atoms with Gasteiger partial charge in [-0.1, -0.05) is 13.8 Å². The molecular weight excluding hydrogens is 212 g/mol. The van der Waals surface area contributed by atoms with Gasteiger partial charge >= 0.3 is 0 Å². The van der Waals surface area contributed by atoms with Gasteiger partial charge in [-0.3, -0.25) is 4.90 Å². The first-order valence-electron chi connectivity index (χ1n) is 7.16. The highest BCUT2D eigenvalue weighted by Crippen LogP contribution is 2.13. The van der Waals surface area contributed by atoms with Crippen LogP contribution in [0.1, 0.15) is 47.0 Å². The fraction of sp³-hybridized carbons (Fsp3) is 1.00. The van der Waals surface area contributed by atoms with E-state index in [-0.39, 0.29) is 5.54 Å². The molecule has 1 aliphatic rings. The molecule has 1 saturated heterocycles. The molecule has 0 radical (unpaired) electrons. The molecule has 0 aliphatic carbocycles. The lowest BCUT2D eigenvalue weighted by molar-refractivity contribution is 0.0745. The molecule has 0 aromatic rings. The van der Waals surface area contributed by atoms with Gasteiger partial charge in [0.05, 0.1) is 6.10 Å². The van der Waals surface area contributed by atoms with Crippen LogP contribution in [0, 0.1) is 0 Å². The van der Waals surface area contributed by atoms with E-state index in [0.717, 1.165) is 32.8 Å². The predicted octanol–water partition coefficient (Wildman–Crippen LogP) is 2.27. The number of hydrogen-bond acceptors (Lipinski definition) is 3. The maximum atomic E-state index is 5.69. The van der Waals surface area contributed by atoms with Crippen molar-refractivity contribution >= 4 is 0 Å². The van der Waals surface area contributed by atoms with Crippen LogP contribution in [0.15, 0.2) is 0 Å². The van der Waals surface area contributed by atoms with Gasteiger partial charge < -0.3 is 10.1 Å². The molecule has 0 saturated carbocycles. The van der Waals surface area contributed by atoms with Crippen molar-refractivity contribution in [2.75, 3.05) is 32.8 Å². The topological polar surface area (TPSA) is 24.5 Å². The fourth-order valence-electron chi connectivity index (χ4n) is 2.13. The predicted molar refractivity (Wildman–Crippen MR) is 73.5 cm³/mol. The number of hydrogen-bond donors (Lipinski definition) is 1. The highest BCUT2D eigenvalue weighted by Gasteiger charge is 2.19. The number of likely N-dealkylation sites (N-methyl/N-ethyl adjacent to an activating group) is 1. The summed E-state index contributed by atoms with van der Waals surface area (Å²) >= 11 is 0. The minimum absolute atomic E-state index is 0.267. The Morgan fingerprint density at radius 1 is 1.35 bits per heavy atom. The third kappa shape index (κ3) is 5.84. The van der Waals surface area contributed by atoms with Crippen molar-refractivity contribution in [3.05, 3.63) is 0 Å². The quantitative estimate of drug-likeness (QED) is 0.706. The zero-order chi connectivity index (χ0) is 12.7. The van der Waals surface area contributed by atoms with E-state index in [4.69, 9.17) is 4.74 Å². The standard InChI is InChI=1S/C14H30N2O/c1-5-14(3,4)15-9-10-16(6-2)12-13-8-7-11-17-13/h13,15H,5-12H2,1-4H3. The van der Waals surface area contributed by atoms with Crippen LogP contribution in [0.4, 0.5) is 0 Å². The molecule has 1 unspecified atom stereocenters. The Kier molecular flexibility index (Phi) is 6.45. The molecule has 1 rings (SSSR count). The van der Waals surface area contributed by atoms with E-state index in [1.54, 1.807) is 0 Å². The summed E-state index contributed by atoms with van der Waals surface area (Å²) in [5.41, 5.74) is 0.267. The Bertz CT molecular complexity index is 200. The molecule has 1 aliphatic heterocycles. The minimum atomic E-state index is 0.267. The van der Waals surface area contributed by atoms with Crippen molar-refractivity contribution in [3.63, 3.8) is 0 Å². The number of ether oxygens (including phenoxy) is 1. The molecule has 1 N–H and O–H groups in total. The molecule has 1 fully saturated rings. The van der Waals surface area contributed by atoms with Crippen molar-refractivity contribution in [1.82, 2.24) is 10.2 Å². The maximum Gasteiger partial charge on any atom is 0.0702 e. The number of nitrogens with zero attached hydrogens (tertiary/aromatic N) is 1. The first kappa shape index (κ1) is 14.9.